The number of hydrogen-bond donors (Lipinski definition) is 0. The maximum atomic E-state index is 12.6. The Kier molecular flexibility index (Phi) is 5.10. The molecule has 2 heterocycles. The third kappa shape index (κ3) is 3.73. The highest BCUT2D eigenvalue weighted by Crippen LogP contribution is 2.26. The third-order valence-electron chi connectivity index (χ3n) is 3.79. The Morgan fingerprint density at radius 3 is 2.62 bits per heavy atom. The molecular weight excluding hydrogens is 324 g/mol. The SMILES string of the molecule is CN(Cc1ccccc1)C(=O)N1C(=O)C[C@@H]1CSc1ncccn1. The fourth-order valence-electron chi connectivity index (χ4n) is 2.52. The van der Waals surface area contributed by atoms with E-state index < -0.39 is 0 Å². The second kappa shape index (κ2) is 7.44. The van der Waals surface area contributed by atoms with Crippen molar-refractivity contribution in [3.05, 3.63) is 54.4 Å². The van der Waals surface area contributed by atoms with Gasteiger partial charge in [-0.3, -0.25) is 9.69 Å². The average molecular weight is 342 g/mol. The molecule has 3 amide bonds. The summed E-state index contributed by atoms with van der Waals surface area (Å²) in [6.45, 7) is 0.477. The van der Waals surface area contributed by atoms with E-state index in [9.17, 15) is 9.59 Å². The number of urea groups is 1. The molecule has 6 nitrogen and oxygen atoms in total. The Morgan fingerprint density at radius 2 is 1.96 bits per heavy atom. The van der Waals surface area contributed by atoms with E-state index in [0.717, 1.165) is 5.56 Å². The molecule has 0 saturated carbocycles. The van der Waals surface area contributed by atoms with Crippen LogP contribution in [0.5, 0.6) is 0 Å². The van der Waals surface area contributed by atoms with E-state index in [4.69, 9.17) is 0 Å². The Bertz CT molecular complexity index is 711. The van der Waals surface area contributed by atoms with E-state index >= 15 is 0 Å². The Hall–Kier alpha value is -2.41. The van der Waals surface area contributed by atoms with Crippen molar-refractivity contribution in [2.24, 2.45) is 0 Å². The summed E-state index contributed by atoms with van der Waals surface area (Å²) < 4.78 is 0. The molecule has 7 heteroatoms. The van der Waals surface area contributed by atoms with Crippen molar-refractivity contribution in [3.63, 3.8) is 0 Å². The van der Waals surface area contributed by atoms with Crippen molar-refractivity contribution in [1.82, 2.24) is 19.8 Å². The fourth-order valence-corrected chi connectivity index (χ4v) is 3.40. The molecule has 2 aromatic rings. The van der Waals surface area contributed by atoms with Gasteiger partial charge in [0.05, 0.1) is 6.04 Å². The van der Waals surface area contributed by atoms with Crippen LogP contribution in [0.25, 0.3) is 0 Å². The average Bonchev–Trinajstić information content (AvgIpc) is 2.60. The molecule has 1 fully saturated rings. The lowest BCUT2D eigenvalue weighted by Crippen LogP contribution is -2.59. The first-order chi connectivity index (χ1) is 11.6. The van der Waals surface area contributed by atoms with Gasteiger partial charge < -0.3 is 4.90 Å². The molecule has 0 spiro atoms. The monoisotopic (exact) mass is 342 g/mol. The first kappa shape index (κ1) is 16.4. The minimum atomic E-state index is -0.255. The number of nitrogens with zero attached hydrogens (tertiary/aromatic N) is 4. The Morgan fingerprint density at radius 1 is 1.25 bits per heavy atom. The molecule has 24 heavy (non-hydrogen) atoms. The van der Waals surface area contributed by atoms with E-state index in [1.165, 1.54) is 16.7 Å². The molecule has 0 radical (unpaired) electrons. The summed E-state index contributed by atoms with van der Waals surface area (Å²) in [5, 5.41) is 0.655. The summed E-state index contributed by atoms with van der Waals surface area (Å²) in [7, 11) is 1.71. The van der Waals surface area contributed by atoms with Gasteiger partial charge in [-0.15, -0.1) is 0 Å². The second-order valence-electron chi connectivity index (χ2n) is 5.59. The quantitative estimate of drug-likeness (QED) is 0.474. The summed E-state index contributed by atoms with van der Waals surface area (Å²) in [5.41, 5.74) is 1.03. The fraction of sp³-hybridized carbons (Fsp3) is 0.294. The van der Waals surface area contributed by atoms with Gasteiger partial charge in [0, 0.05) is 38.2 Å². The normalized spacial score (nSPS) is 16.6. The lowest BCUT2D eigenvalue weighted by molar-refractivity contribution is -0.140. The zero-order chi connectivity index (χ0) is 16.9. The maximum Gasteiger partial charge on any atom is 0.327 e. The molecule has 1 aliphatic heterocycles. The number of amides is 3. The predicted octanol–water partition coefficient (Wildman–Crippen LogP) is 2.42. The topological polar surface area (TPSA) is 66.4 Å². The first-order valence-corrected chi connectivity index (χ1v) is 8.64. The van der Waals surface area contributed by atoms with E-state index in [-0.39, 0.29) is 18.0 Å². The highest BCUT2D eigenvalue weighted by molar-refractivity contribution is 7.99. The number of thioether (sulfide) groups is 1. The van der Waals surface area contributed by atoms with Crippen molar-refractivity contribution < 1.29 is 9.59 Å². The zero-order valence-electron chi connectivity index (χ0n) is 13.3. The molecule has 0 unspecified atom stereocenters. The number of carbonyl (C=O) groups is 2. The van der Waals surface area contributed by atoms with Gasteiger partial charge in [0.2, 0.25) is 5.91 Å². The van der Waals surface area contributed by atoms with Crippen LogP contribution in [0.15, 0.2) is 53.9 Å². The van der Waals surface area contributed by atoms with Crippen LogP contribution >= 0.6 is 11.8 Å². The smallest absolute Gasteiger partial charge is 0.323 e. The van der Waals surface area contributed by atoms with Crippen molar-refractivity contribution in [2.75, 3.05) is 12.8 Å². The molecule has 1 aromatic heterocycles. The van der Waals surface area contributed by atoms with Crippen molar-refractivity contribution >= 4 is 23.7 Å². The molecule has 1 atom stereocenters. The largest absolute Gasteiger partial charge is 0.327 e. The van der Waals surface area contributed by atoms with Gasteiger partial charge in [0.15, 0.2) is 5.16 Å². The first-order valence-electron chi connectivity index (χ1n) is 7.66. The van der Waals surface area contributed by atoms with E-state index in [0.29, 0.717) is 23.9 Å². The minimum Gasteiger partial charge on any atom is -0.323 e. The zero-order valence-corrected chi connectivity index (χ0v) is 14.1. The number of aromatic nitrogens is 2. The highest BCUT2D eigenvalue weighted by Gasteiger charge is 2.42. The predicted molar refractivity (Wildman–Crippen MR) is 91.3 cm³/mol. The van der Waals surface area contributed by atoms with Crippen molar-refractivity contribution in [1.29, 1.82) is 0 Å². The molecule has 0 N–H and O–H groups in total. The molecule has 124 valence electrons. The number of carbonyl (C=O) groups excluding carboxylic acids is 2. The lowest BCUT2D eigenvalue weighted by Gasteiger charge is -2.40. The Labute approximate surface area is 144 Å². The van der Waals surface area contributed by atoms with Crippen LogP contribution in [-0.4, -0.2) is 50.5 Å². The number of hydrogen-bond acceptors (Lipinski definition) is 5. The number of β-lactam (4-membered cyclic amide) rings is 1. The van der Waals surface area contributed by atoms with Crippen LogP contribution < -0.4 is 0 Å². The summed E-state index contributed by atoms with van der Waals surface area (Å²) >= 11 is 1.46. The van der Waals surface area contributed by atoms with Gasteiger partial charge in [-0.2, -0.15) is 0 Å². The summed E-state index contributed by atoms with van der Waals surface area (Å²) in [4.78, 5) is 35.6. The number of benzene rings is 1. The van der Waals surface area contributed by atoms with Gasteiger partial charge in [0.25, 0.3) is 0 Å². The maximum absolute atomic E-state index is 12.6. The van der Waals surface area contributed by atoms with Gasteiger partial charge in [0.1, 0.15) is 0 Å². The Balaban J connectivity index is 1.57. The van der Waals surface area contributed by atoms with Gasteiger partial charge >= 0.3 is 6.03 Å². The molecule has 0 aliphatic carbocycles. The summed E-state index contributed by atoms with van der Waals surface area (Å²) in [6, 6.07) is 11.1. The minimum absolute atomic E-state index is 0.1000. The van der Waals surface area contributed by atoms with Crippen LogP contribution in [0.2, 0.25) is 0 Å². The van der Waals surface area contributed by atoms with Crippen LogP contribution in [0.4, 0.5) is 4.79 Å². The van der Waals surface area contributed by atoms with Crippen LogP contribution in [-0.2, 0) is 11.3 Å². The van der Waals surface area contributed by atoms with Gasteiger partial charge in [-0.25, -0.2) is 14.8 Å². The molecule has 1 aromatic carbocycles. The van der Waals surface area contributed by atoms with Crippen molar-refractivity contribution in [3.8, 4) is 0 Å². The van der Waals surface area contributed by atoms with Crippen molar-refractivity contribution in [2.45, 2.75) is 24.2 Å². The molecule has 1 saturated heterocycles. The molecular formula is C17H18N4O2S. The number of imide groups is 1. The van der Waals surface area contributed by atoms with Gasteiger partial charge in [-0.1, -0.05) is 42.1 Å². The number of rotatable bonds is 5. The summed E-state index contributed by atoms with van der Waals surface area (Å²) in [5.74, 6) is 0.486. The van der Waals surface area contributed by atoms with Crippen LogP contribution in [0.1, 0.15) is 12.0 Å². The molecule has 1 aliphatic rings. The number of likely N-dealkylation sites (tertiary alicyclic amines) is 1. The standard InChI is InChI=1S/C17H18N4O2S/c1-20(11-13-6-3-2-4-7-13)17(23)21-14(10-15(21)22)12-24-16-18-8-5-9-19-16/h2-9,14H,10-12H2,1H3/t14-/m1/s1. The summed E-state index contributed by atoms with van der Waals surface area (Å²) in [6.07, 6.45) is 3.75. The molecule has 3 rings (SSSR count). The third-order valence-corrected chi connectivity index (χ3v) is 4.81. The lowest BCUT2D eigenvalue weighted by atomic mass is 10.1. The second-order valence-corrected chi connectivity index (χ2v) is 6.58. The van der Waals surface area contributed by atoms with Crippen LogP contribution in [0, 0.1) is 0 Å². The van der Waals surface area contributed by atoms with Crippen LogP contribution in [0.3, 0.4) is 0 Å². The molecule has 0 bridgehead atoms. The van der Waals surface area contributed by atoms with E-state index in [2.05, 4.69) is 9.97 Å². The van der Waals surface area contributed by atoms with Gasteiger partial charge in [-0.05, 0) is 11.6 Å². The van der Waals surface area contributed by atoms with E-state index in [1.54, 1.807) is 30.4 Å². The highest BCUT2D eigenvalue weighted by atomic mass is 32.2. The van der Waals surface area contributed by atoms with E-state index in [1.807, 2.05) is 30.3 Å².